The summed E-state index contributed by atoms with van der Waals surface area (Å²) >= 11 is 0. The number of phenolic OH excluding ortho intramolecular Hbond substituents is 2. The van der Waals surface area contributed by atoms with Crippen molar-refractivity contribution in [3.8, 4) is 11.5 Å². The zero-order valence-electron chi connectivity index (χ0n) is 16.4. The molecule has 150 valence electrons. The number of aliphatic hydroxyl groups excluding tert-OH is 2. The lowest BCUT2D eigenvalue weighted by atomic mass is 9.93. The van der Waals surface area contributed by atoms with E-state index in [4.69, 9.17) is 5.11 Å². The smallest absolute Gasteiger partial charge is 0.121 e. The van der Waals surface area contributed by atoms with Gasteiger partial charge in [-0.2, -0.15) is 0 Å². The van der Waals surface area contributed by atoms with E-state index in [9.17, 15) is 15.3 Å². The van der Waals surface area contributed by atoms with Crippen LogP contribution in [0.5, 0.6) is 11.5 Å². The Morgan fingerprint density at radius 3 is 1.92 bits per heavy atom. The molecule has 2 atom stereocenters. The second kappa shape index (κ2) is 13.9. The van der Waals surface area contributed by atoms with E-state index in [1.54, 1.807) is 0 Å². The molecule has 4 nitrogen and oxygen atoms in total. The molecule has 0 aliphatic rings. The van der Waals surface area contributed by atoms with Crippen molar-refractivity contribution < 1.29 is 20.4 Å². The predicted molar refractivity (Wildman–Crippen MR) is 106 cm³/mol. The van der Waals surface area contributed by atoms with Crippen molar-refractivity contribution in [1.82, 2.24) is 0 Å². The van der Waals surface area contributed by atoms with Gasteiger partial charge in [0.1, 0.15) is 11.5 Å². The van der Waals surface area contributed by atoms with Crippen molar-refractivity contribution >= 4 is 0 Å². The van der Waals surface area contributed by atoms with Gasteiger partial charge in [-0.25, -0.2) is 0 Å². The molecule has 1 rings (SSSR count). The Morgan fingerprint density at radius 2 is 1.35 bits per heavy atom. The quantitative estimate of drug-likeness (QED) is 0.246. The van der Waals surface area contributed by atoms with Crippen LogP contribution in [0.4, 0.5) is 0 Å². The summed E-state index contributed by atoms with van der Waals surface area (Å²) in [5, 5.41) is 38.3. The Labute approximate surface area is 158 Å². The number of hydrogen-bond donors (Lipinski definition) is 4. The summed E-state index contributed by atoms with van der Waals surface area (Å²) in [6.45, 7) is 2.46. The van der Waals surface area contributed by atoms with Crippen LogP contribution in [-0.4, -0.2) is 27.0 Å². The summed E-state index contributed by atoms with van der Waals surface area (Å²) in [4.78, 5) is 0. The molecule has 1 aromatic rings. The first-order chi connectivity index (χ1) is 12.5. The van der Waals surface area contributed by atoms with Crippen molar-refractivity contribution in [2.45, 2.75) is 90.1 Å². The van der Waals surface area contributed by atoms with Crippen molar-refractivity contribution in [3.63, 3.8) is 0 Å². The second-order valence-corrected chi connectivity index (χ2v) is 7.65. The van der Waals surface area contributed by atoms with E-state index in [0.717, 1.165) is 19.3 Å². The normalized spacial score (nSPS) is 13.7. The maximum absolute atomic E-state index is 10.3. The fourth-order valence-corrected chi connectivity index (χ4v) is 3.45. The number of benzene rings is 1. The summed E-state index contributed by atoms with van der Waals surface area (Å²) in [6.07, 6.45) is 13.2. The molecule has 0 spiro atoms. The Bertz CT molecular complexity index is 475. The molecule has 0 bridgehead atoms. The van der Waals surface area contributed by atoms with Crippen LogP contribution in [0.15, 0.2) is 18.2 Å². The van der Waals surface area contributed by atoms with Crippen LogP contribution in [0.1, 0.15) is 95.6 Å². The molecule has 0 saturated heterocycles. The van der Waals surface area contributed by atoms with Gasteiger partial charge < -0.3 is 20.4 Å². The molecule has 0 fully saturated rings. The summed E-state index contributed by atoms with van der Waals surface area (Å²) < 4.78 is 0. The highest BCUT2D eigenvalue weighted by Gasteiger charge is 2.16. The maximum Gasteiger partial charge on any atom is 0.121 e. The van der Waals surface area contributed by atoms with Crippen LogP contribution < -0.4 is 0 Å². The molecule has 0 saturated carbocycles. The minimum atomic E-state index is -0.733. The minimum Gasteiger partial charge on any atom is -0.508 e. The molecular formula is C22H38O4. The Hall–Kier alpha value is -1.26. The molecule has 0 heterocycles. The van der Waals surface area contributed by atoms with Crippen LogP contribution in [-0.2, 0) is 0 Å². The lowest BCUT2D eigenvalue weighted by Crippen LogP contribution is -2.05. The van der Waals surface area contributed by atoms with E-state index >= 15 is 0 Å². The van der Waals surface area contributed by atoms with Gasteiger partial charge >= 0.3 is 0 Å². The molecule has 2 unspecified atom stereocenters. The maximum atomic E-state index is 10.3. The molecule has 0 aliphatic heterocycles. The molecule has 0 aliphatic carbocycles. The summed E-state index contributed by atoms with van der Waals surface area (Å²) in [7, 11) is 0. The number of unbranched alkanes of at least 4 members (excludes halogenated alkanes) is 9. The van der Waals surface area contributed by atoms with E-state index < -0.39 is 6.10 Å². The molecule has 26 heavy (non-hydrogen) atoms. The fraction of sp³-hybridized carbons (Fsp3) is 0.727. The molecule has 0 radical (unpaired) electrons. The van der Waals surface area contributed by atoms with Gasteiger partial charge in [0, 0.05) is 12.2 Å². The molecule has 4 N–H and O–H groups in total. The lowest BCUT2D eigenvalue weighted by molar-refractivity contribution is 0.141. The van der Waals surface area contributed by atoms with Crippen LogP contribution in [0, 0.1) is 5.92 Å². The van der Waals surface area contributed by atoms with Crippen molar-refractivity contribution in [2.24, 2.45) is 5.92 Å². The Balaban J connectivity index is 2.04. The average Bonchev–Trinajstić information content (AvgIpc) is 2.61. The number of rotatable bonds is 15. The zero-order valence-corrected chi connectivity index (χ0v) is 16.4. The van der Waals surface area contributed by atoms with Gasteiger partial charge in [-0.1, -0.05) is 71.1 Å². The Morgan fingerprint density at radius 1 is 0.808 bits per heavy atom. The largest absolute Gasteiger partial charge is 0.508 e. The predicted octanol–water partition coefficient (Wildman–Crippen LogP) is 5.44. The second-order valence-electron chi connectivity index (χ2n) is 7.65. The third kappa shape index (κ3) is 10.0. The van der Waals surface area contributed by atoms with Crippen molar-refractivity contribution in [3.05, 3.63) is 23.8 Å². The molecular weight excluding hydrogens is 328 g/mol. The van der Waals surface area contributed by atoms with E-state index in [-0.39, 0.29) is 11.5 Å². The number of aromatic hydroxyl groups is 2. The fourth-order valence-electron chi connectivity index (χ4n) is 3.45. The number of hydrogen-bond acceptors (Lipinski definition) is 4. The van der Waals surface area contributed by atoms with E-state index in [1.165, 1.54) is 69.6 Å². The third-order valence-corrected chi connectivity index (χ3v) is 5.10. The summed E-state index contributed by atoms with van der Waals surface area (Å²) in [5.74, 6) is 0.495. The number of phenols is 2. The van der Waals surface area contributed by atoms with Crippen molar-refractivity contribution in [2.75, 3.05) is 6.61 Å². The monoisotopic (exact) mass is 366 g/mol. The first-order valence-electron chi connectivity index (χ1n) is 10.4. The summed E-state index contributed by atoms with van der Waals surface area (Å²) in [6, 6.07) is 4.28. The average molecular weight is 367 g/mol. The molecule has 0 aromatic heterocycles. The van der Waals surface area contributed by atoms with Gasteiger partial charge in [0.05, 0.1) is 6.10 Å². The van der Waals surface area contributed by atoms with Gasteiger partial charge in [-0.05, 0) is 37.0 Å². The highest BCUT2D eigenvalue weighted by molar-refractivity contribution is 5.39. The van der Waals surface area contributed by atoms with Crippen LogP contribution >= 0.6 is 0 Å². The van der Waals surface area contributed by atoms with Gasteiger partial charge in [0.15, 0.2) is 0 Å². The van der Waals surface area contributed by atoms with E-state index in [2.05, 4.69) is 6.92 Å². The SMILES string of the molecule is CC(CCCCCCCCCCCCO)CC(O)c1cc(O)ccc1O. The standard InChI is InChI=1S/C22H38O4/c1-18(16-22(26)20-17-19(24)13-14-21(20)25)12-10-8-6-4-2-3-5-7-9-11-15-23/h13-14,17-18,22-26H,2-12,15-16H2,1H3. The van der Waals surface area contributed by atoms with Crippen LogP contribution in [0.3, 0.4) is 0 Å². The van der Waals surface area contributed by atoms with Gasteiger partial charge in [0.2, 0.25) is 0 Å². The van der Waals surface area contributed by atoms with Gasteiger partial charge in [0.25, 0.3) is 0 Å². The zero-order chi connectivity index (χ0) is 19.2. The van der Waals surface area contributed by atoms with Crippen LogP contribution in [0.2, 0.25) is 0 Å². The first kappa shape index (κ1) is 22.8. The first-order valence-corrected chi connectivity index (χ1v) is 10.4. The number of aliphatic hydroxyl groups is 2. The lowest BCUT2D eigenvalue weighted by Gasteiger charge is -2.18. The minimum absolute atomic E-state index is 0.0406. The third-order valence-electron chi connectivity index (χ3n) is 5.10. The van der Waals surface area contributed by atoms with Crippen molar-refractivity contribution in [1.29, 1.82) is 0 Å². The molecule has 0 amide bonds. The topological polar surface area (TPSA) is 80.9 Å². The summed E-state index contributed by atoms with van der Waals surface area (Å²) in [5.41, 5.74) is 0.413. The highest BCUT2D eigenvalue weighted by Crippen LogP contribution is 2.32. The van der Waals surface area contributed by atoms with E-state index in [0.29, 0.717) is 24.5 Å². The van der Waals surface area contributed by atoms with E-state index in [1.807, 2.05) is 0 Å². The van der Waals surface area contributed by atoms with Gasteiger partial charge in [-0.3, -0.25) is 0 Å². The van der Waals surface area contributed by atoms with Gasteiger partial charge in [-0.15, -0.1) is 0 Å². The van der Waals surface area contributed by atoms with Crippen LogP contribution in [0.25, 0.3) is 0 Å². The molecule has 1 aromatic carbocycles. The highest BCUT2D eigenvalue weighted by atomic mass is 16.3. The molecule has 4 heteroatoms. The Kier molecular flexibility index (Phi) is 12.2.